The van der Waals surface area contributed by atoms with E-state index in [1.54, 1.807) is 6.92 Å². The van der Waals surface area contributed by atoms with Gasteiger partial charge in [-0.05, 0) is 44.8 Å². The van der Waals surface area contributed by atoms with Crippen molar-refractivity contribution in [1.29, 1.82) is 0 Å². The number of hydrogen-bond acceptors (Lipinski definition) is 5. The van der Waals surface area contributed by atoms with Crippen LogP contribution in [0.4, 0.5) is 4.79 Å². The highest BCUT2D eigenvalue weighted by Gasteiger charge is 2.33. The molecule has 0 unspecified atom stereocenters. The average Bonchev–Trinajstić information content (AvgIpc) is 2.95. The van der Waals surface area contributed by atoms with E-state index in [9.17, 15) is 9.59 Å². The molecule has 2 heterocycles. The van der Waals surface area contributed by atoms with Gasteiger partial charge in [0.05, 0.1) is 5.69 Å². The van der Waals surface area contributed by atoms with Gasteiger partial charge in [-0.3, -0.25) is 9.69 Å². The minimum Gasteiger partial charge on any atom is -0.446 e. The number of urea groups is 1. The van der Waals surface area contributed by atoms with Gasteiger partial charge in [-0.15, -0.1) is 0 Å². The van der Waals surface area contributed by atoms with Crippen molar-refractivity contribution < 1.29 is 14.0 Å². The van der Waals surface area contributed by atoms with Crippen molar-refractivity contribution in [1.82, 2.24) is 14.8 Å². The molecule has 1 saturated heterocycles. The van der Waals surface area contributed by atoms with E-state index in [2.05, 4.69) is 11.2 Å². The average molecular weight is 380 g/mol. The third-order valence-electron chi connectivity index (χ3n) is 5.58. The van der Waals surface area contributed by atoms with Crippen LogP contribution in [0.25, 0.3) is 0 Å². The van der Waals surface area contributed by atoms with Crippen LogP contribution in [0.1, 0.15) is 49.4 Å². The maximum absolute atomic E-state index is 12.8. The smallest absolute Gasteiger partial charge is 0.326 e. The highest BCUT2D eigenvalue weighted by Crippen LogP contribution is 2.31. The molecule has 0 N–H and O–H groups in total. The Balaban J connectivity index is 1.56. The van der Waals surface area contributed by atoms with Gasteiger partial charge in [0, 0.05) is 44.6 Å². The summed E-state index contributed by atoms with van der Waals surface area (Å²) in [4.78, 5) is 32.7. The summed E-state index contributed by atoms with van der Waals surface area (Å²) in [6.07, 6.45) is 7.99. The van der Waals surface area contributed by atoms with E-state index in [4.69, 9.17) is 4.42 Å². The Labute approximate surface area is 159 Å². The Kier molecular flexibility index (Phi) is 6.27. The topological polar surface area (TPSA) is 66.7 Å². The number of carbonyl (C=O) groups is 2. The molecule has 1 aliphatic heterocycles. The predicted octanol–water partition coefficient (Wildman–Crippen LogP) is 3.41. The Bertz CT molecular complexity index is 652. The van der Waals surface area contributed by atoms with Gasteiger partial charge >= 0.3 is 6.03 Å². The van der Waals surface area contributed by atoms with Crippen LogP contribution < -0.4 is 0 Å². The molecule has 7 heteroatoms. The lowest BCUT2D eigenvalue weighted by Gasteiger charge is -2.37. The van der Waals surface area contributed by atoms with Crippen molar-refractivity contribution >= 4 is 23.7 Å². The van der Waals surface area contributed by atoms with Crippen molar-refractivity contribution in [2.24, 2.45) is 5.92 Å². The van der Waals surface area contributed by atoms with Gasteiger partial charge in [0.25, 0.3) is 0 Å². The summed E-state index contributed by atoms with van der Waals surface area (Å²) < 4.78 is 5.44. The highest BCUT2D eigenvalue weighted by molar-refractivity contribution is 7.99. The second-order valence-electron chi connectivity index (χ2n) is 7.39. The number of hydrogen-bond donors (Lipinski definition) is 0. The number of amides is 3. The summed E-state index contributed by atoms with van der Waals surface area (Å²) in [5, 5.41) is 0.774. The number of nitrogens with zero attached hydrogens (tertiary/aromatic N) is 3. The number of rotatable bonds is 6. The molecule has 144 valence electrons. The predicted molar refractivity (Wildman–Crippen MR) is 102 cm³/mol. The molecule has 1 saturated carbocycles. The molecule has 6 nitrogen and oxygen atoms in total. The van der Waals surface area contributed by atoms with Gasteiger partial charge in [-0.2, -0.15) is 11.8 Å². The van der Waals surface area contributed by atoms with Crippen LogP contribution in [0.15, 0.2) is 4.42 Å². The summed E-state index contributed by atoms with van der Waals surface area (Å²) in [6.45, 7) is 5.39. The van der Waals surface area contributed by atoms with Crippen LogP contribution >= 0.6 is 11.8 Å². The van der Waals surface area contributed by atoms with E-state index in [-0.39, 0.29) is 11.9 Å². The Hall–Kier alpha value is -1.50. The SMILES string of the molecule is CSC1CCC(CN2CCC(=O)N(CCc3nc(C)oc3C)C2=O)CC1. The van der Waals surface area contributed by atoms with Gasteiger partial charge in [0.1, 0.15) is 5.76 Å². The minimum atomic E-state index is -0.133. The second kappa shape index (κ2) is 8.46. The van der Waals surface area contributed by atoms with Crippen LogP contribution in [0, 0.1) is 19.8 Å². The maximum atomic E-state index is 12.8. The fraction of sp³-hybridized carbons (Fsp3) is 0.737. The van der Waals surface area contributed by atoms with Crippen molar-refractivity contribution in [3.05, 3.63) is 17.3 Å². The summed E-state index contributed by atoms with van der Waals surface area (Å²) in [5.41, 5.74) is 0.829. The summed E-state index contributed by atoms with van der Waals surface area (Å²) in [6, 6.07) is -0.133. The zero-order valence-corrected chi connectivity index (χ0v) is 16.8. The van der Waals surface area contributed by atoms with Crippen LogP contribution in [0.5, 0.6) is 0 Å². The molecule has 0 atom stereocenters. The van der Waals surface area contributed by atoms with Crippen molar-refractivity contribution in [2.75, 3.05) is 25.9 Å². The standard InChI is InChI=1S/C19H29N3O3S/c1-13-17(20-14(2)25-13)8-11-22-18(23)9-10-21(19(22)24)12-15-4-6-16(26-3)7-5-15/h15-16H,4-12H2,1-3H3. The van der Waals surface area contributed by atoms with Gasteiger partial charge in [0.15, 0.2) is 5.89 Å². The number of oxazole rings is 1. The molecule has 1 aromatic rings. The summed E-state index contributed by atoms with van der Waals surface area (Å²) in [5.74, 6) is 1.88. The first-order chi connectivity index (χ1) is 12.5. The molecular weight excluding hydrogens is 350 g/mol. The molecular formula is C19H29N3O3S. The van der Waals surface area contributed by atoms with Crippen molar-refractivity contribution in [2.45, 2.75) is 57.6 Å². The number of thioether (sulfide) groups is 1. The molecule has 3 rings (SSSR count). The van der Waals surface area contributed by atoms with Gasteiger partial charge < -0.3 is 9.32 Å². The lowest BCUT2D eigenvalue weighted by atomic mass is 9.88. The van der Waals surface area contributed by atoms with Gasteiger partial charge in [-0.25, -0.2) is 9.78 Å². The first-order valence-electron chi connectivity index (χ1n) is 9.53. The van der Waals surface area contributed by atoms with E-state index in [0.29, 0.717) is 37.7 Å². The van der Waals surface area contributed by atoms with E-state index in [1.165, 1.54) is 30.6 Å². The molecule has 3 amide bonds. The van der Waals surface area contributed by atoms with Crippen LogP contribution in [-0.4, -0.2) is 57.9 Å². The third-order valence-corrected chi connectivity index (χ3v) is 6.71. The lowest BCUT2D eigenvalue weighted by Crippen LogP contribution is -2.54. The van der Waals surface area contributed by atoms with Crippen molar-refractivity contribution in [3.8, 4) is 0 Å². The van der Waals surface area contributed by atoms with Crippen LogP contribution in [0.3, 0.4) is 0 Å². The maximum Gasteiger partial charge on any atom is 0.326 e. The fourth-order valence-electron chi connectivity index (χ4n) is 4.01. The highest BCUT2D eigenvalue weighted by atomic mass is 32.2. The zero-order valence-electron chi connectivity index (χ0n) is 16.0. The number of imide groups is 1. The Morgan fingerprint density at radius 3 is 2.54 bits per heavy atom. The Morgan fingerprint density at radius 1 is 1.19 bits per heavy atom. The van der Waals surface area contributed by atoms with Gasteiger partial charge in [-0.1, -0.05) is 0 Å². The quantitative estimate of drug-likeness (QED) is 0.758. The van der Waals surface area contributed by atoms with Gasteiger partial charge in [0.2, 0.25) is 5.91 Å². The molecule has 0 bridgehead atoms. The van der Waals surface area contributed by atoms with Crippen LogP contribution in [-0.2, 0) is 11.2 Å². The van der Waals surface area contributed by atoms with E-state index < -0.39 is 0 Å². The number of aryl methyl sites for hydroxylation is 2. The molecule has 2 fully saturated rings. The minimum absolute atomic E-state index is 0.0739. The number of carbonyl (C=O) groups excluding carboxylic acids is 2. The lowest BCUT2D eigenvalue weighted by molar-refractivity contribution is -0.131. The molecule has 1 aliphatic carbocycles. The van der Waals surface area contributed by atoms with E-state index in [1.807, 2.05) is 23.6 Å². The molecule has 1 aromatic heterocycles. The first kappa shape index (κ1) is 19.3. The molecule has 0 radical (unpaired) electrons. The summed E-state index contributed by atoms with van der Waals surface area (Å²) >= 11 is 1.96. The third kappa shape index (κ3) is 4.42. The largest absolute Gasteiger partial charge is 0.446 e. The Morgan fingerprint density at radius 2 is 1.92 bits per heavy atom. The van der Waals surface area contributed by atoms with Crippen molar-refractivity contribution in [3.63, 3.8) is 0 Å². The van der Waals surface area contributed by atoms with E-state index in [0.717, 1.165) is 23.2 Å². The monoisotopic (exact) mass is 379 g/mol. The fourth-order valence-corrected chi connectivity index (χ4v) is 4.76. The normalized spacial score (nSPS) is 24.4. The molecule has 2 aliphatic rings. The molecule has 0 spiro atoms. The molecule has 26 heavy (non-hydrogen) atoms. The number of aromatic nitrogens is 1. The van der Waals surface area contributed by atoms with E-state index >= 15 is 0 Å². The first-order valence-corrected chi connectivity index (χ1v) is 10.8. The second-order valence-corrected chi connectivity index (χ2v) is 8.53. The summed E-state index contributed by atoms with van der Waals surface area (Å²) in [7, 11) is 0. The molecule has 0 aromatic carbocycles. The van der Waals surface area contributed by atoms with Crippen LogP contribution in [0.2, 0.25) is 0 Å². The zero-order chi connectivity index (χ0) is 18.7.